The molecule has 2 heterocycles. The lowest BCUT2D eigenvalue weighted by molar-refractivity contribution is -0.121. The molecule has 1 aromatic heterocycles. The zero-order valence-electron chi connectivity index (χ0n) is 12.6. The van der Waals surface area contributed by atoms with Gasteiger partial charge in [0.2, 0.25) is 0 Å². The highest BCUT2D eigenvalue weighted by Crippen LogP contribution is 2.33. The van der Waals surface area contributed by atoms with Crippen molar-refractivity contribution in [1.82, 2.24) is 4.90 Å². The van der Waals surface area contributed by atoms with Gasteiger partial charge in [-0.2, -0.15) is 5.26 Å². The summed E-state index contributed by atoms with van der Waals surface area (Å²) in [4.78, 5) is 14.3. The number of nitriles is 1. The third-order valence-electron chi connectivity index (χ3n) is 3.38. The Hall–Kier alpha value is -2.62. The number of benzene rings is 1. The van der Waals surface area contributed by atoms with Crippen LogP contribution >= 0.6 is 24.0 Å². The Labute approximate surface area is 149 Å². The van der Waals surface area contributed by atoms with Crippen LogP contribution in [0.1, 0.15) is 11.3 Å². The van der Waals surface area contributed by atoms with E-state index in [2.05, 4.69) is 12.6 Å². The summed E-state index contributed by atoms with van der Waals surface area (Å²) in [5.41, 5.74) is 1.46. The standard InChI is InChI=1S/C18H12N2O2S2/c1-2-9-20-17(21)16(24-18(20)23)10-14-7-8-15(22-14)13-5-3-12(11-19)4-6-13/h2-8,10H,1,9H2/b16-10-. The van der Waals surface area contributed by atoms with Crippen molar-refractivity contribution in [1.29, 1.82) is 5.26 Å². The van der Waals surface area contributed by atoms with Crippen LogP contribution in [0.25, 0.3) is 17.4 Å². The normalized spacial score (nSPS) is 15.8. The minimum atomic E-state index is -0.138. The van der Waals surface area contributed by atoms with E-state index in [1.165, 1.54) is 16.7 Å². The zero-order valence-corrected chi connectivity index (χ0v) is 14.2. The molecule has 0 aliphatic carbocycles. The molecule has 0 bridgehead atoms. The predicted molar refractivity (Wildman–Crippen MR) is 98.9 cm³/mol. The molecule has 0 N–H and O–H groups in total. The molecule has 6 heteroatoms. The third-order valence-corrected chi connectivity index (χ3v) is 4.76. The van der Waals surface area contributed by atoms with E-state index < -0.39 is 0 Å². The first-order valence-electron chi connectivity index (χ1n) is 7.09. The van der Waals surface area contributed by atoms with Gasteiger partial charge in [-0.3, -0.25) is 9.69 Å². The van der Waals surface area contributed by atoms with E-state index in [1.54, 1.807) is 30.4 Å². The van der Waals surface area contributed by atoms with Crippen LogP contribution in [0.2, 0.25) is 0 Å². The molecule has 1 aromatic carbocycles. The van der Waals surface area contributed by atoms with E-state index in [1.807, 2.05) is 18.2 Å². The zero-order chi connectivity index (χ0) is 17.1. The van der Waals surface area contributed by atoms with Gasteiger partial charge in [0.05, 0.1) is 16.5 Å². The monoisotopic (exact) mass is 352 g/mol. The van der Waals surface area contributed by atoms with Crippen molar-refractivity contribution >= 4 is 40.3 Å². The Kier molecular flexibility index (Phi) is 4.65. The summed E-state index contributed by atoms with van der Waals surface area (Å²) in [6, 6.07) is 12.8. The van der Waals surface area contributed by atoms with Crippen LogP contribution in [0.3, 0.4) is 0 Å². The summed E-state index contributed by atoms with van der Waals surface area (Å²) in [5.74, 6) is 1.11. The van der Waals surface area contributed by atoms with E-state index in [4.69, 9.17) is 21.9 Å². The molecular weight excluding hydrogens is 340 g/mol. The lowest BCUT2D eigenvalue weighted by Crippen LogP contribution is -2.27. The maximum Gasteiger partial charge on any atom is 0.266 e. The molecule has 3 rings (SSSR count). The van der Waals surface area contributed by atoms with Gasteiger partial charge in [-0.15, -0.1) is 6.58 Å². The molecule has 0 spiro atoms. The molecule has 1 amide bonds. The number of furan rings is 1. The fourth-order valence-electron chi connectivity index (χ4n) is 2.21. The van der Waals surface area contributed by atoms with Crippen LogP contribution in [0.4, 0.5) is 0 Å². The maximum absolute atomic E-state index is 12.3. The molecule has 2 aromatic rings. The molecule has 4 nitrogen and oxygen atoms in total. The number of carbonyl (C=O) groups is 1. The summed E-state index contributed by atoms with van der Waals surface area (Å²) in [7, 11) is 0. The highest BCUT2D eigenvalue weighted by atomic mass is 32.2. The smallest absolute Gasteiger partial charge is 0.266 e. The molecule has 1 aliphatic rings. The largest absolute Gasteiger partial charge is 0.457 e. The van der Waals surface area contributed by atoms with Crippen LogP contribution in [-0.4, -0.2) is 21.7 Å². The number of amides is 1. The quantitative estimate of drug-likeness (QED) is 0.469. The fraction of sp³-hybridized carbons (Fsp3) is 0.0556. The summed E-state index contributed by atoms with van der Waals surface area (Å²) in [5, 5.41) is 8.83. The van der Waals surface area contributed by atoms with E-state index in [0.717, 1.165) is 5.56 Å². The number of thiocarbonyl (C=S) groups is 1. The first-order chi connectivity index (χ1) is 11.6. The van der Waals surface area contributed by atoms with E-state index in [0.29, 0.717) is 32.9 Å². The Morgan fingerprint density at radius 1 is 1.29 bits per heavy atom. The summed E-state index contributed by atoms with van der Waals surface area (Å²) < 4.78 is 6.30. The average molecular weight is 352 g/mol. The molecule has 1 saturated heterocycles. The third kappa shape index (κ3) is 3.18. The van der Waals surface area contributed by atoms with E-state index in [9.17, 15) is 4.79 Å². The molecule has 0 atom stereocenters. The number of carbonyl (C=O) groups excluding carboxylic acids is 1. The van der Waals surface area contributed by atoms with Crippen molar-refractivity contribution < 1.29 is 9.21 Å². The first-order valence-corrected chi connectivity index (χ1v) is 8.31. The van der Waals surface area contributed by atoms with Gasteiger partial charge in [0.15, 0.2) is 0 Å². The van der Waals surface area contributed by atoms with Crippen LogP contribution in [0.5, 0.6) is 0 Å². The fourth-order valence-corrected chi connectivity index (χ4v) is 3.47. The van der Waals surface area contributed by atoms with Gasteiger partial charge in [0.1, 0.15) is 15.8 Å². The van der Waals surface area contributed by atoms with Gasteiger partial charge >= 0.3 is 0 Å². The number of nitrogens with zero attached hydrogens (tertiary/aromatic N) is 2. The molecule has 24 heavy (non-hydrogen) atoms. The van der Waals surface area contributed by atoms with Crippen molar-refractivity contribution in [3.05, 3.63) is 65.3 Å². The second kappa shape index (κ2) is 6.87. The number of hydrogen-bond acceptors (Lipinski definition) is 5. The van der Waals surface area contributed by atoms with Gasteiger partial charge in [0, 0.05) is 18.2 Å². The van der Waals surface area contributed by atoms with Crippen molar-refractivity contribution in [2.24, 2.45) is 0 Å². The Morgan fingerprint density at radius 2 is 2.04 bits per heavy atom. The second-order valence-electron chi connectivity index (χ2n) is 4.97. The van der Waals surface area contributed by atoms with E-state index >= 15 is 0 Å². The van der Waals surface area contributed by atoms with Crippen LogP contribution in [-0.2, 0) is 4.79 Å². The summed E-state index contributed by atoms with van der Waals surface area (Å²) in [6.45, 7) is 4.03. The molecule has 1 aliphatic heterocycles. The molecular formula is C18H12N2O2S2. The first kappa shape index (κ1) is 16.2. The Morgan fingerprint density at radius 3 is 2.71 bits per heavy atom. The van der Waals surface area contributed by atoms with Crippen LogP contribution < -0.4 is 0 Å². The van der Waals surface area contributed by atoms with Gasteiger partial charge in [0.25, 0.3) is 5.91 Å². The number of thioether (sulfide) groups is 1. The molecule has 0 saturated carbocycles. The topological polar surface area (TPSA) is 57.2 Å². The van der Waals surface area contributed by atoms with Crippen LogP contribution in [0.15, 0.2) is 58.4 Å². The maximum atomic E-state index is 12.3. The predicted octanol–water partition coefficient (Wildman–Crippen LogP) is 4.21. The number of rotatable bonds is 4. The van der Waals surface area contributed by atoms with Gasteiger partial charge in [-0.1, -0.05) is 30.1 Å². The second-order valence-corrected chi connectivity index (χ2v) is 6.65. The number of hydrogen-bond donors (Lipinski definition) is 0. The highest BCUT2D eigenvalue weighted by Gasteiger charge is 2.31. The highest BCUT2D eigenvalue weighted by molar-refractivity contribution is 8.26. The summed E-state index contributed by atoms with van der Waals surface area (Å²) in [6.07, 6.45) is 3.33. The molecule has 118 valence electrons. The minimum Gasteiger partial charge on any atom is -0.457 e. The molecule has 0 radical (unpaired) electrons. The Bertz CT molecular complexity index is 888. The summed E-state index contributed by atoms with van der Waals surface area (Å²) >= 11 is 6.46. The Balaban J connectivity index is 1.83. The average Bonchev–Trinajstić information content (AvgIpc) is 3.16. The molecule has 0 unspecified atom stereocenters. The molecule has 1 fully saturated rings. The van der Waals surface area contributed by atoms with Crippen molar-refractivity contribution in [3.8, 4) is 17.4 Å². The van der Waals surface area contributed by atoms with Crippen molar-refractivity contribution in [2.45, 2.75) is 0 Å². The van der Waals surface area contributed by atoms with Crippen LogP contribution in [0, 0.1) is 11.3 Å². The van der Waals surface area contributed by atoms with Gasteiger partial charge in [-0.25, -0.2) is 0 Å². The van der Waals surface area contributed by atoms with E-state index in [-0.39, 0.29) is 5.91 Å². The minimum absolute atomic E-state index is 0.138. The van der Waals surface area contributed by atoms with Gasteiger partial charge < -0.3 is 4.42 Å². The lowest BCUT2D eigenvalue weighted by Gasteiger charge is -2.10. The van der Waals surface area contributed by atoms with Crippen molar-refractivity contribution in [3.63, 3.8) is 0 Å². The van der Waals surface area contributed by atoms with Gasteiger partial charge in [-0.05, 0) is 36.4 Å². The SMILES string of the molecule is C=CCN1C(=O)/C(=C/c2ccc(-c3ccc(C#N)cc3)o2)SC1=S. The lowest BCUT2D eigenvalue weighted by atomic mass is 10.1. The van der Waals surface area contributed by atoms with Crippen molar-refractivity contribution in [2.75, 3.05) is 6.54 Å².